The molecular weight excluding hydrogens is 496 g/mol. The summed E-state index contributed by atoms with van der Waals surface area (Å²) in [5.41, 5.74) is 2.19. The molecule has 7 rings (SSSR count). The number of rotatable bonds is 3. The molecule has 1 spiro atoms. The quantitative estimate of drug-likeness (QED) is 0.335. The van der Waals surface area contributed by atoms with Crippen LogP contribution in [0.25, 0.3) is 16.8 Å². The monoisotopic (exact) mass is 518 g/mol. The lowest BCUT2D eigenvalue weighted by Gasteiger charge is -2.38. The normalized spacial score (nSPS) is 24.7. The Bertz CT molecular complexity index is 1730. The van der Waals surface area contributed by atoms with Gasteiger partial charge in [-0.1, -0.05) is 84.4 Å². The highest BCUT2D eigenvalue weighted by Crippen LogP contribution is 2.58. The number of nitrogens with one attached hydrogen (secondary N) is 1. The van der Waals surface area contributed by atoms with E-state index in [0.717, 1.165) is 27.6 Å². The summed E-state index contributed by atoms with van der Waals surface area (Å²) in [4.78, 5) is 44.3. The maximum atomic E-state index is 14.5. The molecule has 0 unspecified atom stereocenters. The van der Waals surface area contributed by atoms with Crippen LogP contribution in [0, 0.1) is 5.92 Å². The van der Waals surface area contributed by atoms with Gasteiger partial charge >= 0.3 is 0 Å². The van der Waals surface area contributed by atoms with Gasteiger partial charge in [0.1, 0.15) is 5.41 Å². The number of benzene rings is 4. The fraction of sp³-hybridized carbons (Fsp3) is 0.156. The Morgan fingerprint density at radius 2 is 1.66 bits per heavy atom. The fourth-order valence-electron chi connectivity index (χ4n) is 6.91. The summed E-state index contributed by atoms with van der Waals surface area (Å²) in [6.45, 7) is 1.51. The molecule has 38 heavy (non-hydrogen) atoms. The minimum atomic E-state index is -1.32. The van der Waals surface area contributed by atoms with Crippen LogP contribution >= 0.6 is 11.6 Å². The van der Waals surface area contributed by atoms with Gasteiger partial charge in [-0.3, -0.25) is 14.4 Å². The molecule has 0 aliphatic carbocycles. The van der Waals surface area contributed by atoms with Crippen LogP contribution in [0.1, 0.15) is 28.4 Å². The van der Waals surface area contributed by atoms with Gasteiger partial charge in [0.2, 0.25) is 5.91 Å². The van der Waals surface area contributed by atoms with E-state index in [1.54, 1.807) is 24.3 Å². The minimum absolute atomic E-state index is 0.177. The number of fused-ring (bicyclic) bond motifs is 8. The van der Waals surface area contributed by atoms with Crippen molar-refractivity contribution in [3.63, 3.8) is 0 Å². The Hall–Kier alpha value is -4.22. The largest absolute Gasteiger partial charge is 0.352 e. The number of anilines is 2. The predicted molar refractivity (Wildman–Crippen MR) is 150 cm³/mol. The highest BCUT2D eigenvalue weighted by molar-refractivity contribution is 6.34. The standard InChI is InChI=1S/C32H23ClN2O3/c1-18(36)29-28(30(37)22-10-4-6-12-24(22)33)32(23-11-5-7-13-25(23)34-31(32)38)27-17-15-21-20-9-3-2-8-19(20)14-16-26(21)35(27)29/h2-17,27-29H,1H3,(H,34,38)/t27-,28+,29+,32-/m0/s1. The maximum absolute atomic E-state index is 14.5. The second-order valence-electron chi connectivity index (χ2n) is 10.2. The lowest BCUT2D eigenvalue weighted by Crippen LogP contribution is -2.51. The zero-order chi connectivity index (χ0) is 26.2. The molecule has 4 atom stereocenters. The molecule has 1 saturated heterocycles. The van der Waals surface area contributed by atoms with Gasteiger partial charge in [-0.25, -0.2) is 0 Å². The Labute approximate surface area is 224 Å². The van der Waals surface area contributed by atoms with Crippen LogP contribution in [-0.2, 0) is 15.0 Å². The molecule has 5 nitrogen and oxygen atoms in total. The summed E-state index contributed by atoms with van der Waals surface area (Å²) in [5.74, 6) is -1.76. The summed E-state index contributed by atoms with van der Waals surface area (Å²) in [6.07, 6.45) is 4.03. The first-order valence-corrected chi connectivity index (χ1v) is 13.0. The predicted octanol–water partition coefficient (Wildman–Crippen LogP) is 6.06. The zero-order valence-electron chi connectivity index (χ0n) is 20.5. The Morgan fingerprint density at radius 3 is 2.47 bits per heavy atom. The molecule has 6 heteroatoms. The van der Waals surface area contributed by atoms with Crippen molar-refractivity contribution < 1.29 is 14.4 Å². The second-order valence-corrected chi connectivity index (χ2v) is 10.6. The van der Waals surface area contributed by atoms with Crippen molar-refractivity contribution in [3.8, 4) is 0 Å². The number of amides is 1. The third-order valence-electron chi connectivity index (χ3n) is 8.38. The van der Waals surface area contributed by atoms with Gasteiger partial charge in [-0.2, -0.15) is 0 Å². The zero-order valence-corrected chi connectivity index (χ0v) is 21.3. The van der Waals surface area contributed by atoms with Gasteiger partial charge in [0.25, 0.3) is 0 Å². The number of hydrogen-bond donors (Lipinski definition) is 1. The number of carbonyl (C=O) groups excluding carboxylic acids is 3. The van der Waals surface area contributed by atoms with Crippen LogP contribution in [0.3, 0.4) is 0 Å². The molecule has 0 bridgehead atoms. The van der Waals surface area contributed by atoms with Crippen molar-refractivity contribution in [1.29, 1.82) is 0 Å². The van der Waals surface area contributed by atoms with Crippen molar-refractivity contribution in [2.45, 2.75) is 24.4 Å². The first-order valence-electron chi connectivity index (χ1n) is 12.6. The Kier molecular flexibility index (Phi) is 4.91. The van der Waals surface area contributed by atoms with Gasteiger partial charge < -0.3 is 10.2 Å². The van der Waals surface area contributed by atoms with Crippen LogP contribution in [0.2, 0.25) is 5.02 Å². The van der Waals surface area contributed by atoms with Gasteiger partial charge in [0, 0.05) is 22.5 Å². The molecule has 1 amide bonds. The molecule has 3 aliphatic heterocycles. The van der Waals surface area contributed by atoms with E-state index in [1.807, 2.05) is 71.6 Å². The summed E-state index contributed by atoms with van der Waals surface area (Å²) in [7, 11) is 0. The molecule has 3 heterocycles. The molecule has 1 N–H and O–H groups in total. The molecule has 3 aliphatic rings. The second kappa shape index (κ2) is 8.14. The first-order chi connectivity index (χ1) is 18.4. The summed E-state index contributed by atoms with van der Waals surface area (Å²) in [6, 6.07) is 25.0. The number of carbonyl (C=O) groups is 3. The fourth-order valence-corrected chi connectivity index (χ4v) is 7.14. The average molecular weight is 519 g/mol. The first kappa shape index (κ1) is 22.9. The lowest BCUT2D eigenvalue weighted by atomic mass is 9.64. The molecule has 0 saturated carbocycles. The molecule has 0 aromatic heterocycles. The smallest absolute Gasteiger partial charge is 0.238 e. The number of Topliss-reactive ketones (excluding diaryl/α,β-unsaturated/α-hetero) is 2. The van der Waals surface area contributed by atoms with Gasteiger partial charge in [0.15, 0.2) is 11.6 Å². The SMILES string of the molecule is CC(=O)[C@@H]1[C@H](C(=O)c2ccccc2Cl)[C@@]2(C(=O)Nc3ccccc32)[C@@H]2C=Cc3c(ccc4ccccc34)N12. The average Bonchev–Trinajstić information content (AvgIpc) is 3.41. The van der Waals surface area contributed by atoms with E-state index in [2.05, 4.69) is 11.4 Å². The van der Waals surface area contributed by atoms with E-state index in [0.29, 0.717) is 16.3 Å². The number of para-hydroxylation sites is 1. The van der Waals surface area contributed by atoms with Crippen LogP contribution in [-0.4, -0.2) is 29.6 Å². The molecular formula is C32H23ClN2O3. The lowest BCUT2D eigenvalue weighted by molar-refractivity contribution is -0.122. The van der Waals surface area contributed by atoms with E-state index >= 15 is 0 Å². The minimum Gasteiger partial charge on any atom is -0.352 e. The van der Waals surface area contributed by atoms with Gasteiger partial charge in [-0.15, -0.1) is 0 Å². The van der Waals surface area contributed by atoms with Crippen molar-refractivity contribution in [1.82, 2.24) is 0 Å². The number of nitrogens with zero attached hydrogens (tertiary/aromatic N) is 1. The molecule has 4 aromatic rings. The highest BCUT2D eigenvalue weighted by atomic mass is 35.5. The summed E-state index contributed by atoms with van der Waals surface area (Å²) in [5, 5.41) is 5.46. The maximum Gasteiger partial charge on any atom is 0.238 e. The highest BCUT2D eigenvalue weighted by Gasteiger charge is 2.70. The van der Waals surface area contributed by atoms with Crippen molar-refractivity contribution >= 4 is 57.3 Å². The van der Waals surface area contributed by atoms with E-state index in [4.69, 9.17) is 11.6 Å². The third-order valence-corrected chi connectivity index (χ3v) is 8.71. The summed E-state index contributed by atoms with van der Waals surface area (Å²) < 4.78 is 0. The molecule has 1 fully saturated rings. The molecule has 0 radical (unpaired) electrons. The van der Waals surface area contributed by atoms with Crippen LogP contribution in [0.4, 0.5) is 11.4 Å². The van der Waals surface area contributed by atoms with E-state index in [9.17, 15) is 14.4 Å². The van der Waals surface area contributed by atoms with Crippen LogP contribution in [0.5, 0.6) is 0 Å². The third kappa shape index (κ3) is 2.85. The van der Waals surface area contributed by atoms with E-state index < -0.39 is 23.4 Å². The number of hydrogen-bond acceptors (Lipinski definition) is 4. The topological polar surface area (TPSA) is 66.5 Å². The van der Waals surface area contributed by atoms with Crippen molar-refractivity contribution in [2.75, 3.05) is 10.2 Å². The molecule has 186 valence electrons. The van der Waals surface area contributed by atoms with Gasteiger partial charge in [0.05, 0.1) is 23.0 Å². The molecule has 4 aromatic carbocycles. The summed E-state index contributed by atoms with van der Waals surface area (Å²) >= 11 is 6.52. The van der Waals surface area contributed by atoms with Gasteiger partial charge in [-0.05, 0) is 47.5 Å². The van der Waals surface area contributed by atoms with Crippen molar-refractivity contribution in [2.24, 2.45) is 5.92 Å². The van der Waals surface area contributed by atoms with Crippen LogP contribution in [0.15, 0.2) is 91.0 Å². The Morgan fingerprint density at radius 1 is 0.921 bits per heavy atom. The van der Waals surface area contributed by atoms with E-state index in [-0.39, 0.29) is 17.5 Å². The number of halogens is 1. The Balaban J connectivity index is 1.55. The van der Waals surface area contributed by atoms with Crippen molar-refractivity contribution in [3.05, 3.63) is 113 Å². The van der Waals surface area contributed by atoms with E-state index in [1.165, 1.54) is 6.92 Å². The van der Waals surface area contributed by atoms with Crippen LogP contribution < -0.4 is 10.2 Å². The number of ketones is 2.